The average Bonchev–Trinajstić information content (AvgIpc) is 3.18. The van der Waals surface area contributed by atoms with E-state index < -0.39 is 0 Å². The van der Waals surface area contributed by atoms with Gasteiger partial charge < -0.3 is 9.47 Å². The van der Waals surface area contributed by atoms with Gasteiger partial charge in [-0.1, -0.05) is 42.0 Å². The Balaban J connectivity index is 0.00000256. The highest BCUT2D eigenvalue weighted by atomic mass is 31.0. The van der Waals surface area contributed by atoms with E-state index in [2.05, 4.69) is 58.3 Å². The Bertz CT molecular complexity index is 1060. The summed E-state index contributed by atoms with van der Waals surface area (Å²) in [4.78, 5) is 12.6. The first kappa shape index (κ1) is 21.9. The first-order valence-electron chi connectivity index (χ1n) is 9.70. The van der Waals surface area contributed by atoms with Crippen molar-refractivity contribution in [2.75, 3.05) is 6.61 Å². The molecule has 0 aliphatic carbocycles. The highest BCUT2D eigenvalue weighted by molar-refractivity contribution is 6.92. The Morgan fingerprint density at radius 2 is 1.70 bits per heavy atom. The number of imidazole rings is 1. The Kier molecular flexibility index (Phi) is 7.50. The van der Waals surface area contributed by atoms with Gasteiger partial charge in [0.15, 0.2) is 5.65 Å². The van der Waals surface area contributed by atoms with Crippen LogP contribution in [0, 0.1) is 6.92 Å². The molecular weight excluding hydrogens is 395 g/mol. The third-order valence-electron chi connectivity index (χ3n) is 4.83. The molecule has 0 radical (unpaired) electrons. The van der Waals surface area contributed by atoms with E-state index in [0.29, 0.717) is 13.2 Å². The van der Waals surface area contributed by atoms with E-state index in [4.69, 9.17) is 9.47 Å². The minimum atomic E-state index is -0.146. The molecule has 0 saturated carbocycles. The fourth-order valence-electron chi connectivity index (χ4n) is 3.08. The van der Waals surface area contributed by atoms with Crippen molar-refractivity contribution < 1.29 is 9.47 Å². The number of hydrogen-bond donors (Lipinski definition) is 0. The monoisotopic (exact) mass is 422 g/mol. The number of nitrogens with zero attached hydrogens (tertiary/aromatic N) is 4. The summed E-state index contributed by atoms with van der Waals surface area (Å²) in [5.74, 6) is 0.869. The van der Waals surface area contributed by atoms with E-state index >= 15 is 0 Å². The number of aromatic nitrogens is 4. The molecule has 2 atom stereocenters. The maximum Gasteiger partial charge on any atom is 0.165 e. The molecule has 7 heteroatoms. The molecule has 0 spiro atoms. The molecular formula is C23H27N4O2P. The second-order valence-electron chi connectivity index (χ2n) is 7.02. The topological polar surface area (TPSA) is 62.1 Å². The quantitative estimate of drug-likeness (QED) is 0.390. The maximum atomic E-state index is 5.97. The molecule has 2 unspecified atom stereocenters. The highest BCUT2D eigenvalue weighted by Gasteiger charge is 2.10. The fourth-order valence-corrected chi connectivity index (χ4v) is 3.08. The van der Waals surface area contributed by atoms with Gasteiger partial charge in [-0.05, 0) is 43.5 Å². The van der Waals surface area contributed by atoms with Crippen molar-refractivity contribution in [2.45, 2.75) is 33.1 Å². The van der Waals surface area contributed by atoms with E-state index in [1.807, 2.05) is 23.6 Å². The van der Waals surface area contributed by atoms with Crippen LogP contribution in [0.4, 0.5) is 0 Å². The normalized spacial score (nSPS) is 11.8. The van der Waals surface area contributed by atoms with Crippen LogP contribution in [0.15, 0.2) is 67.4 Å². The van der Waals surface area contributed by atoms with Crippen LogP contribution in [-0.2, 0) is 17.8 Å². The molecule has 2 aromatic heterocycles. The molecule has 156 valence electrons. The summed E-state index contributed by atoms with van der Waals surface area (Å²) < 4.78 is 13.8. The van der Waals surface area contributed by atoms with Crippen LogP contribution in [-0.4, -0.2) is 26.1 Å². The number of rotatable bonds is 8. The number of ether oxygens (including phenoxy) is 2. The van der Waals surface area contributed by atoms with Crippen molar-refractivity contribution in [1.29, 1.82) is 0 Å². The first-order chi connectivity index (χ1) is 14.2. The zero-order valence-electron chi connectivity index (χ0n) is 17.4. The lowest BCUT2D eigenvalue weighted by Gasteiger charge is -2.15. The SMILES string of the molecule is Cc1ccc(COc2ccc(CCOC(C)n3cnc4cncnc43)cc2)cc1.P. The Hall–Kier alpha value is -2.82. The summed E-state index contributed by atoms with van der Waals surface area (Å²) in [5, 5.41) is 0. The van der Waals surface area contributed by atoms with Crippen molar-refractivity contribution in [3.05, 3.63) is 84.1 Å². The molecule has 0 bridgehead atoms. The molecule has 4 rings (SSSR count). The van der Waals surface area contributed by atoms with Crippen LogP contribution < -0.4 is 4.74 Å². The third kappa shape index (κ3) is 5.41. The van der Waals surface area contributed by atoms with E-state index in [1.165, 1.54) is 23.0 Å². The smallest absolute Gasteiger partial charge is 0.165 e. The van der Waals surface area contributed by atoms with Crippen LogP contribution in [0.25, 0.3) is 11.2 Å². The molecule has 0 fully saturated rings. The van der Waals surface area contributed by atoms with Gasteiger partial charge in [-0.2, -0.15) is 9.90 Å². The molecule has 0 aliphatic rings. The summed E-state index contributed by atoms with van der Waals surface area (Å²) >= 11 is 0. The zero-order chi connectivity index (χ0) is 20.1. The van der Waals surface area contributed by atoms with Crippen molar-refractivity contribution in [1.82, 2.24) is 19.5 Å². The van der Waals surface area contributed by atoms with E-state index in [0.717, 1.165) is 23.3 Å². The number of fused-ring (bicyclic) bond motifs is 1. The molecule has 4 aromatic rings. The van der Waals surface area contributed by atoms with Gasteiger partial charge in [0.1, 0.15) is 30.4 Å². The van der Waals surface area contributed by atoms with E-state index in [1.54, 1.807) is 12.5 Å². The second kappa shape index (κ2) is 10.3. The summed E-state index contributed by atoms with van der Waals surface area (Å²) in [5.41, 5.74) is 5.17. The largest absolute Gasteiger partial charge is 0.489 e. The predicted octanol–water partition coefficient (Wildman–Crippen LogP) is 4.55. The zero-order valence-corrected chi connectivity index (χ0v) is 18.8. The summed E-state index contributed by atoms with van der Waals surface area (Å²) in [7, 11) is 0. The Morgan fingerprint density at radius 3 is 2.47 bits per heavy atom. The van der Waals surface area contributed by atoms with Crippen LogP contribution in [0.3, 0.4) is 0 Å². The second-order valence-corrected chi connectivity index (χ2v) is 7.02. The highest BCUT2D eigenvalue weighted by Crippen LogP contribution is 2.17. The summed E-state index contributed by atoms with van der Waals surface area (Å²) in [6, 6.07) is 16.6. The molecule has 6 nitrogen and oxygen atoms in total. The van der Waals surface area contributed by atoms with Crippen molar-refractivity contribution in [2.24, 2.45) is 0 Å². The standard InChI is InChI=1S/C23H24N4O2.H3P/c1-17-3-5-20(6-4-17)14-29-21-9-7-19(8-10-21)11-12-28-18(2)27-16-26-22-13-24-15-25-23(22)27;/h3-10,13,15-16,18H,11-12,14H2,1-2H3;1H3. The number of aryl methyl sites for hydroxylation is 1. The number of benzene rings is 2. The molecule has 2 aromatic carbocycles. The molecule has 0 saturated heterocycles. The Labute approximate surface area is 179 Å². The molecule has 30 heavy (non-hydrogen) atoms. The van der Waals surface area contributed by atoms with Crippen LogP contribution >= 0.6 is 9.90 Å². The van der Waals surface area contributed by atoms with E-state index in [-0.39, 0.29) is 16.1 Å². The molecule has 0 aliphatic heterocycles. The number of hydrogen-bond acceptors (Lipinski definition) is 5. The maximum absolute atomic E-state index is 5.97. The van der Waals surface area contributed by atoms with Gasteiger partial charge >= 0.3 is 0 Å². The van der Waals surface area contributed by atoms with Gasteiger partial charge in [-0.25, -0.2) is 15.0 Å². The summed E-state index contributed by atoms with van der Waals surface area (Å²) in [6.45, 7) is 5.25. The van der Waals surface area contributed by atoms with Crippen molar-refractivity contribution >= 4 is 21.1 Å². The third-order valence-corrected chi connectivity index (χ3v) is 4.83. The molecule has 0 N–H and O–H groups in total. The van der Waals surface area contributed by atoms with Gasteiger partial charge in [0.25, 0.3) is 0 Å². The van der Waals surface area contributed by atoms with Gasteiger partial charge in [0, 0.05) is 0 Å². The fraction of sp³-hybridized carbons (Fsp3) is 0.261. The van der Waals surface area contributed by atoms with Crippen molar-refractivity contribution in [3.63, 3.8) is 0 Å². The van der Waals surface area contributed by atoms with E-state index in [9.17, 15) is 0 Å². The minimum Gasteiger partial charge on any atom is -0.489 e. The minimum absolute atomic E-state index is 0. The summed E-state index contributed by atoms with van der Waals surface area (Å²) in [6.07, 6.45) is 5.64. The lowest BCUT2D eigenvalue weighted by molar-refractivity contribution is 0.0205. The first-order valence-corrected chi connectivity index (χ1v) is 9.70. The van der Waals surface area contributed by atoms with Crippen LogP contribution in [0.1, 0.15) is 29.8 Å². The lowest BCUT2D eigenvalue weighted by Crippen LogP contribution is -2.11. The van der Waals surface area contributed by atoms with Crippen LogP contribution in [0.5, 0.6) is 5.75 Å². The van der Waals surface area contributed by atoms with Gasteiger partial charge in [0.05, 0.1) is 19.1 Å². The van der Waals surface area contributed by atoms with Gasteiger partial charge in [0.2, 0.25) is 0 Å². The van der Waals surface area contributed by atoms with Crippen molar-refractivity contribution in [3.8, 4) is 5.75 Å². The lowest BCUT2D eigenvalue weighted by atomic mass is 10.1. The average molecular weight is 422 g/mol. The van der Waals surface area contributed by atoms with Gasteiger partial charge in [-0.15, -0.1) is 0 Å². The molecule has 0 amide bonds. The molecule has 2 heterocycles. The Morgan fingerprint density at radius 1 is 0.967 bits per heavy atom. The predicted molar refractivity (Wildman–Crippen MR) is 123 cm³/mol. The van der Waals surface area contributed by atoms with Crippen LogP contribution in [0.2, 0.25) is 0 Å². The van der Waals surface area contributed by atoms with Gasteiger partial charge in [-0.3, -0.25) is 4.57 Å².